The van der Waals surface area contributed by atoms with E-state index >= 15 is 0 Å². The van der Waals surface area contributed by atoms with Gasteiger partial charge >= 0.3 is 0 Å². The predicted molar refractivity (Wildman–Crippen MR) is 80.3 cm³/mol. The summed E-state index contributed by atoms with van der Waals surface area (Å²) in [5, 5.41) is 3.16. The standard InChI is InChI=1S/C14H22FN3S/c1-4-16-9-11-5-6-17-13(12(11)15)18-7-8-19-14(2,3)10-18/h5-6,16H,4,7-10H2,1-3H3. The van der Waals surface area contributed by atoms with E-state index in [0.717, 1.165) is 25.4 Å². The second kappa shape index (κ2) is 6.09. The molecule has 1 aromatic heterocycles. The predicted octanol–water partition coefficient (Wildman–Crippen LogP) is 2.66. The first-order valence-corrected chi connectivity index (χ1v) is 7.75. The molecule has 1 saturated heterocycles. The van der Waals surface area contributed by atoms with E-state index in [4.69, 9.17) is 0 Å². The molecular weight excluding hydrogens is 261 g/mol. The van der Waals surface area contributed by atoms with E-state index in [9.17, 15) is 4.39 Å². The molecule has 0 radical (unpaired) electrons. The van der Waals surface area contributed by atoms with Crippen LogP contribution in [-0.4, -0.2) is 35.1 Å². The smallest absolute Gasteiger partial charge is 0.170 e. The van der Waals surface area contributed by atoms with E-state index in [2.05, 4.69) is 29.0 Å². The van der Waals surface area contributed by atoms with Gasteiger partial charge in [-0.05, 0) is 26.5 Å². The van der Waals surface area contributed by atoms with Crippen LogP contribution < -0.4 is 10.2 Å². The van der Waals surface area contributed by atoms with Crippen LogP contribution in [0.5, 0.6) is 0 Å². The molecule has 1 aliphatic heterocycles. The number of aromatic nitrogens is 1. The van der Waals surface area contributed by atoms with Gasteiger partial charge in [0.1, 0.15) is 0 Å². The SMILES string of the molecule is CCNCc1ccnc(N2CCSC(C)(C)C2)c1F. The monoisotopic (exact) mass is 283 g/mol. The van der Waals surface area contributed by atoms with Crippen molar-refractivity contribution in [3.8, 4) is 0 Å². The lowest BCUT2D eigenvalue weighted by molar-refractivity contribution is 0.567. The van der Waals surface area contributed by atoms with Crippen LogP contribution in [0.4, 0.5) is 10.2 Å². The topological polar surface area (TPSA) is 28.2 Å². The molecule has 1 N–H and O–H groups in total. The van der Waals surface area contributed by atoms with Crippen molar-refractivity contribution in [1.29, 1.82) is 0 Å². The summed E-state index contributed by atoms with van der Waals surface area (Å²) in [7, 11) is 0. The Morgan fingerprint density at radius 3 is 3.00 bits per heavy atom. The Hall–Kier alpha value is -0.810. The molecule has 106 valence electrons. The molecule has 0 aliphatic carbocycles. The number of thioether (sulfide) groups is 1. The minimum absolute atomic E-state index is 0.157. The van der Waals surface area contributed by atoms with Crippen molar-refractivity contribution in [2.24, 2.45) is 0 Å². The van der Waals surface area contributed by atoms with Crippen LogP contribution in [0.3, 0.4) is 0 Å². The van der Waals surface area contributed by atoms with Gasteiger partial charge in [-0.25, -0.2) is 9.37 Å². The number of anilines is 1. The quantitative estimate of drug-likeness (QED) is 0.919. The first-order valence-electron chi connectivity index (χ1n) is 6.76. The molecule has 0 bridgehead atoms. The fourth-order valence-corrected chi connectivity index (χ4v) is 3.40. The number of hydrogen-bond acceptors (Lipinski definition) is 4. The molecule has 0 atom stereocenters. The molecule has 1 aromatic rings. The summed E-state index contributed by atoms with van der Waals surface area (Å²) >= 11 is 1.94. The van der Waals surface area contributed by atoms with E-state index in [1.807, 2.05) is 18.7 Å². The molecule has 1 fully saturated rings. The molecule has 0 unspecified atom stereocenters. The summed E-state index contributed by atoms with van der Waals surface area (Å²) in [5.74, 6) is 1.35. The van der Waals surface area contributed by atoms with Gasteiger partial charge in [0, 0.05) is 41.9 Å². The highest BCUT2D eigenvalue weighted by Gasteiger charge is 2.29. The van der Waals surface area contributed by atoms with E-state index in [-0.39, 0.29) is 10.6 Å². The number of rotatable bonds is 4. The summed E-state index contributed by atoms with van der Waals surface area (Å²) in [5.41, 5.74) is 0.697. The minimum Gasteiger partial charge on any atom is -0.352 e. The third-order valence-corrected chi connectivity index (χ3v) is 4.54. The van der Waals surface area contributed by atoms with E-state index in [0.29, 0.717) is 17.9 Å². The largest absolute Gasteiger partial charge is 0.352 e. The van der Waals surface area contributed by atoms with Crippen LogP contribution >= 0.6 is 11.8 Å². The van der Waals surface area contributed by atoms with Crippen molar-refractivity contribution in [2.75, 3.05) is 30.3 Å². The second-order valence-electron chi connectivity index (χ2n) is 5.42. The Morgan fingerprint density at radius 1 is 1.53 bits per heavy atom. The average molecular weight is 283 g/mol. The Morgan fingerprint density at radius 2 is 2.32 bits per heavy atom. The fraction of sp³-hybridized carbons (Fsp3) is 0.643. The lowest BCUT2D eigenvalue weighted by atomic mass is 10.1. The van der Waals surface area contributed by atoms with E-state index in [1.165, 1.54) is 0 Å². The Labute approximate surface area is 119 Å². The van der Waals surface area contributed by atoms with Gasteiger partial charge in [0.2, 0.25) is 0 Å². The highest BCUT2D eigenvalue weighted by Crippen LogP contribution is 2.32. The lowest BCUT2D eigenvalue weighted by Gasteiger charge is -2.38. The molecule has 0 amide bonds. The molecule has 3 nitrogen and oxygen atoms in total. The zero-order valence-corrected chi connectivity index (χ0v) is 12.7. The van der Waals surface area contributed by atoms with Gasteiger partial charge in [-0.15, -0.1) is 0 Å². The Balaban J connectivity index is 2.19. The van der Waals surface area contributed by atoms with Crippen molar-refractivity contribution in [3.63, 3.8) is 0 Å². The van der Waals surface area contributed by atoms with E-state index < -0.39 is 0 Å². The normalized spacial score (nSPS) is 18.6. The van der Waals surface area contributed by atoms with Crippen LogP contribution in [-0.2, 0) is 6.54 Å². The number of hydrogen-bond donors (Lipinski definition) is 1. The summed E-state index contributed by atoms with van der Waals surface area (Å²) in [6.45, 7) is 9.52. The van der Waals surface area contributed by atoms with Crippen molar-refractivity contribution >= 4 is 17.6 Å². The van der Waals surface area contributed by atoms with Gasteiger partial charge < -0.3 is 10.2 Å². The van der Waals surface area contributed by atoms with Gasteiger partial charge in [-0.3, -0.25) is 0 Å². The van der Waals surface area contributed by atoms with Crippen LogP contribution in [0.15, 0.2) is 12.3 Å². The maximum atomic E-state index is 14.5. The van der Waals surface area contributed by atoms with E-state index in [1.54, 1.807) is 12.3 Å². The number of nitrogens with zero attached hydrogens (tertiary/aromatic N) is 2. The van der Waals surface area contributed by atoms with Gasteiger partial charge in [-0.1, -0.05) is 6.92 Å². The zero-order valence-electron chi connectivity index (χ0n) is 11.9. The van der Waals surface area contributed by atoms with Gasteiger partial charge in [0.25, 0.3) is 0 Å². The lowest BCUT2D eigenvalue weighted by Crippen LogP contribution is -2.44. The van der Waals surface area contributed by atoms with Crippen LogP contribution in [0.2, 0.25) is 0 Å². The molecule has 2 heterocycles. The number of halogens is 1. The molecule has 5 heteroatoms. The van der Waals surface area contributed by atoms with Gasteiger partial charge in [0.15, 0.2) is 11.6 Å². The molecule has 0 saturated carbocycles. The molecule has 1 aliphatic rings. The highest BCUT2D eigenvalue weighted by molar-refractivity contribution is 8.00. The average Bonchev–Trinajstić information content (AvgIpc) is 2.36. The van der Waals surface area contributed by atoms with Crippen LogP contribution in [0.1, 0.15) is 26.3 Å². The third kappa shape index (κ3) is 3.60. The molecule has 0 spiro atoms. The molecule has 2 rings (SSSR count). The summed E-state index contributed by atoms with van der Waals surface area (Å²) in [6.07, 6.45) is 1.71. The van der Waals surface area contributed by atoms with Crippen LogP contribution in [0.25, 0.3) is 0 Å². The van der Waals surface area contributed by atoms with Crippen molar-refractivity contribution in [2.45, 2.75) is 32.1 Å². The number of nitrogens with one attached hydrogen (secondary N) is 1. The summed E-state index contributed by atoms with van der Waals surface area (Å²) < 4.78 is 14.6. The maximum Gasteiger partial charge on any atom is 0.170 e. The third-order valence-electron chi connectivity index (χ3n) is 3.24. The first kappa shape index (κ1) is 14.6. The van der Waals surface area contributed by atoms with Gasteiger partial charge in [-0.2, -0.15) is 11.8 Å². The summed E-state index contributed by atoms with van der Waals surface area (Å²) in [4.78, 5) is 6.32. The van der Waals surface area contributed by atoms with Crippen LogP contribution in [0, 0.1) is 5.82 Å². The zero-order chi connectivity index (χ0) is 13.9. The Kier molecular flexibility index (Phi) is 4.68. The maximum absolute atomic E-state index is 14.5. The first-order chi connectivity index (χ1) is 9.03. The molecule has 0 aromatic carbocycles. The van der Waals surface area contributed by atoms with Crippen molar-refractivity contribution < 1.29 is 4.39 Å². The summed E-state index contributed by atoms with van der Waals surface area (Å²) in [6, 6.07) is 1.76. The fourth-order valence-electron chi connectivity index (χ4n) is 2.29. The van der Waals surface area contributed by atoms with Crippen molar-refractivity contribution in [3.05, 3.63) is 23.6 Å². The van der Waals surface area contributed by atoms with Gasteiger partial charge in [0.05, 0.1) is 0 Å². The molecule has 19 heavy (non-hydrogen) atoms. The Bertz CT molecular complexity index is 437. The van der Waals surface area contributed by atoms with Crippen molar-refractivity contribution in [1.82, 2.24) is 10.3 Å². The highest BCUT2D eigenvalue weighted by atomic mass is 32.2. The number of pyridine rings is 1. The minimum atomic E-state index is -0.175. The second-order valence-corrected chi connectivity index (χ2v) is 7.22. The molecular formula is C14H22FN3S.